The predicted molar refractivity (Wildman–Crippen MR) is 88.1 cm³/mol. The minimum Gasteiger partial charge on any atom is -0.367 e. The lowest BCUT2D eigenvalue weighted by Gasteiger charge is -2.36. The molecule has 1 amide bonds. The maximum atomic E-state index is 12.4. The van der Waals surface area contributed by atoms with Crippen LogP contribution in [0.1, 0.15) is 10.5 Å². The summed E-state index contributed by atoms with van der Waals surface area (Å²) in [6.07, 6.45) is 1.77. The summed E-state index contributed by atoms with van der Waals surface area (Å²) in [6.45, 7) is 2.97. The van der Waals surface area contributed by atoms with E-state index in [1.807, 2.05) is 35.2 Å². The number of halogens is 2. The molecule has 2 heterocycles. The molecule has 1 aromatic heterocycles. The molecule has 6 heteroatoms. The fraction of sp³-hybridized carbons (Fsp3) is 0.267. The molecule has 110 valence electrons. The fourth-order valence-corrected chi connectivity index (χ4v) is 3.12. The van der Waals surface area contributed by atoms with E-state index in [0.29, 0.717) is 18.8 Å². The number of nitrogens with zero attached hydrogens (tertiary/aromatic N) is 2. The molecule has 1 fully saturated rings. The number of aromatic nitrogens is 1. The second kappa shape index (κ2) is 6.12. The number of piperazine rings is 1. The standard InChI is InChI=1S/C15H15BrClN3O/c16-11-9-13(18-10-11)15(21)20-7-5-19(6-8-20)14-4-2-1-3-12(14)17/h1-4,9-10,18H,5-8H2. The Morgan fingerprint density at radius 2 is 1.90 bits per heavy atom. The molecule has 21 heavy (non-hydrogen) atoms. The van der Waals surface area contributed by atoms with Crippen LogP contribution in [0.4, 0.5) is 5.69 Å². The zero-order valence-corrected chi connectivity index (χ0v) is 13.7. The number of hydrogen-bond donors (Lipinski definition) is 1. The molecule has 0 aliphatic carbocycles. The largest absolute Gasteiger partial charge is 0.367 e. The number of nitrogens with one attached hydrogen (secondary N) is 1. The lowest BCUT2D eigenvalue weighted by Crippen LogP contribution is -2.49. The summed E-state index contributed by atoms with van der Waals surface area (Å²) in [5.74, 6) is 0.0412. The Labute approximate surface area is 136 Å². The van der Waals surface area contributed by atoms with Crippen molar-refractivity contribution in [3.8, 4) is 0 Å². The Hall–Kier alpha value is -1.46. The first-order valence-corrected chi connectivity index (χ1v) is 7.95. The fourth-order valence-electron chi connectivity index (χ4n) is 2.52. The number of anilines is 1. The average molecular weight is 369 g/mol. The van der Waals surface area contributed by atoms with Gasteiger partial charge in [-0.25, -0.2) is 0 Å². The third-order valence-corrected chi connectivity index (χ3v) is 4.42. The first-order chi connectivity index (χ1) is 10.1. The highest BCUT2D eigenvalue weighted by atomic mass is 79.9. The van der Waals surface area contributed by atoms with Crippen LogP contribution >= 0.6 is 27.5 Å². The number of hydrogen-bond acceptors (Lipinski definition) is 2. The van der Waals surface area contributed by atoms with Crippen molar-refractivity contribution in [2.24, 2.45) is 0 Å². The number of amides is 1. The second-order valence-electron chi connectivity index (χ2n) is 4.96. The van der Waals surface area contributed by atoms with Crippen LogP contribution in [0, 0.1) is 0 Å². The topological polar surface area (TPSA) is 39.3 Å². The van der Waals surface area contributed by atoms with Crippen LogP contribution in [0.5, 0.6) is 0 Å². The summed E-state index contributed by atoms with van der Waals surface area (Å²) < 4.78 is 0.889. The minimum absolute atomic E-state index is 0.0412. The van der Waals surface area contributed by atoms with Crippen LogP contribution in [0.3, 0.4) is 0 Å². The molecular formula is C15H15BrClN3O. The van der Waals surface area contributed by atoms with Crippen LogP contribution in [0.2, 0.25) is 5.02 Å². The Balaban J connectivity index is 1.65. The number of carbonyl (C=O) groups is 1. The zero-order valence-electron chi connectivity index (χ0n) is 11.4. The molecule has 0 radical (unpaired) electrons. The molecule has 0 unspecified atom stereocenters. The minimum atomic E-state index is 0.0412. The van der Waals surface area contributed by atoms with Gasteiger partial charge in [0.25, 0.3) is 5.91 Å². The second-order valence-corrected chi connectivity index (χ2v) is 6.29. The average Bonchev–Trinajstić information content (AvgIpc) is 2.94. The van der Waals surface area contributed by atoms with Gasteiger partial charge in [0.2, 0.25) is 0 Å². The van der Waals surface area contributed by atoms with Crippen molar-refractivity contribution in [2.45, 2.75) is 0 Å². The molecule has 4 nitrogen and oxygen atoms in total. The lowest BCUT2D eigenvalue weighted by atomic mass is 10.2. The number of rotatable bonds is 2. The van der Waals surface area contributed by atoms with Crippen molar-refractivity contribution < 1.29 is 4.79 Å². The maximum absolute atomic E-state index is 12.4. The SMILES string of the molecule is O=C(c1cc(Br)c[nH]1)N1CCN(c2ccccc2Cl)CC1. The Bertz CT molecular complexity index is 650. The summed E-state index contributed by atoms with van der Waals surface area (Å²) in [6, 6.07) is 9.62. The van der Waals surface area contributed by atoms with Crippen molar-refractivity contribution >= 4 is 39.1 Å². The van der Waals surface area contributed by atoms with Gasteiger partial charge in [-0.2, -0.15) is 0 Å². The van der Waals surface area contributed by atoms with Crippen LogP contribution in [0.25, 0.3) is 0 Å². The summed E-state index contributed by atoms with van der Waals surface area (Å²) in [5.41, 5.74) is 1.65. The van der Waals surface area contributed by atoms with Crippen LogP contribution < -0.4 is 4.90 Å². The Morgan fingerprint density at radius 3 is 2.52 bits per heavy atom. The monoisotopic (exact) mass is 367 g/mol. The van der Waals surface area contributed by atoms with E-state index in [0.717, 1.165) is 28.3 Å². The number of carbonyl (C=O) groups excluding carboxylic acids is 1. The highest BCUT2D eigenvalue weighted by Crippen LogP contribution is 2.26. The molecule has 1 saturated heterocycles. The lowest BCUT2D eigenvalue weighted by molar-refractivity contribution is 0.0741. The molecule has 0 saturated carbocycles. The van der Waals surface area contributed by atoms with Crippen LogP contribution in [-0.2, 0) is 0 Å². The molecule has 0 spiro atoms. The van der Waals surface area contributed by atoms with E-state index in [1.165, 1.54) is 0 Å². The van der Waals surface area contributed by atoms with Gasteiger partial charge in [-0.05, 0) is 34.1 Å². The van der Waals surface area contributed by atoms with Gasteiger partial charge in [-0.3, -0.25) is 4.79 Å². The summed E-state index contributed by atoms with van der Waals surface area (Å²) >= 11 is 9.57. The first kappa shape index (κ1) is 14.5. The smallest absolute Gasteiger partial charge is 0.270 e. The van der Waals surface area contributed by atoms with Crippen molar-refractivity contribution in [3.63, 3.8) is 0 Å². The van der Waals surface area contributed by atoms with Gasteiger partial charge in [0.05, 0.1) is 10.7 Å². The summed E-state index contributed by atoms with van der Waals surface area (Å²) in [5, 5.41) is 0.755. The summed E-state index contributed by atoms with van der Waals surface area (Å²) in [4.78, 5) is 19.4. The quantitative estimate of drug-likeness (QED) is 0.882. The van der Waals surface area contributed by atoms with Gasteiger partial charge in [0, 0.05) is 36.8 Å². The Kier molecular flexibility index (Phi) is 4.22. The van der Waals surface area contributed by atoms with Gasteiger partial charge in [0.15, 0.2) is 0 Å². The van der Waals surface area contributed by atoms with Crippen LogP contribution in [-0.4, -0.2) is 42.0 Å². The van der Waals surface area contributed by atoms with Crippen molar-refractivity contribution in [3.05, 3.63) is 51.7 Å². The highest BCUT2D eigenvalue weighted by Gasteiger charge is 2.23. The predicted octanol–water partition coefficient (Wildman–Crippen LogP) is 3.39. The van der Waals surface area contributed by atoms with E-state index >= 15 is 0 Å². The van der Waals surface area contributed by atoms with Crippen LogP contribution in [0.15, 0.2) is 41.0 Å². The normalized spacial score (nSPS) is 15.3. The molecule has 0 atom stereocenters. The van der Waals surface area contributed by atoms with E-state index in [1.54, 1.807) is 6.20 Å². The van der Waals surface area contributed by atoms with Gasteiger partial charge < -0.3 is 14.8 Å². The van der Waals surface area contributed by atoms with Gasteiger partial charge >= 0.3 is 0 Å². The first-order valence-electron chi connectivity index (χ1n) is 6.78. The van der Waals surface area contributed by atoms with Crippen molar-refractivity contribution in [2.75, 3.05) is 31.1 Å². The molecule has 1 N–H and O–H groups in total. The van der Waals surface area contributed by atoms with Crippen molar-refractivity contribution in [1.29, 1.82) is 0 Å². The Morgan fingerprint density at radius 1 is 1.19 bits per heavy atom. The highest BCUT2D eigenvalue weighted by molar-refractivity contribution is 9.10. The number of aromatic amines is 1. The third kappa shape index (κ3) is 3.09. The molecule has 1 aliphatic rings. The zero-order chi connectivity index (χ0) is 14.8. The van der Waals surface area contributed by atoms with Gasteiger partial charge in [0.1, 0.15) is 5.69 Å². The number of H-pyrrole nitrogens is 1. The molecular weight excluding hydrogens is 354 g/mol. The van der Waals surface area contributed by atoms with Gasteiger partial charge in [-0.15, -0.1) is 0 Å². The van der Waals surface area contributed by atoms with E-state index in [4.69, 9.17) is 11.6 Å². The number of benzene rings is 1. The van der Waals surface area contributed by atoms with Gasteiger partial charge in [-0.1, -0.05) is 23.7 Å². The third-order valence-electron chi connectivity index (χ3n) is 3.64. The van der Waals surface area contributed by atoms with E-state index in [2.05, 4.69) is 25.8 Å². The maximum Gasteiger partial charge on any atom is 0.270 e. The molecule has 1 aliphatic heterocycles. The molecule has 1 aromatic carbocycles. The summed E-state index contributed by atoms with van der Waals surface area (Å²) in [7, 11) is 0. The van der Waals surface area contributed by atoms with E-state index < -0.39 is 0 Å². The van der Waals surface area contributed by atoms with Crippen molar-refractivity contribution in [1.82, 2.24) is 9.88 Å². The number of para-hydroxylation sites is 1. The molecule has 3 rings (SSSR count). The molecule has 2 aromatic rings. The molecule has 0 bridgehead atoms. The van der Waals surface area contributed by atoms with E-state index in [9.17, 15) is 4.79 Å². The van der Waals surface area contributed by atoms with E-state index in [-0.39, 0.29) is 5.91 Å².